The first-order valence-electron chi connectivity index (χ1n) is 7.65. The Morgan fingerprint density at radius 3 is 2.73 bits per heavy atom. The van der Waals surface area contributed by atoms with Gasteiger partial charge in [-0.25, -0.2) is 4.79 Å². The molecule has 1 aromatic heterocycles. The van der Waals surface area contributed by atoms with E-state index in [-0.39, 0.29) is 12.1 Å². The lowest BCUT2D eigenvalue weighted by Gasteiger charge is -2.26. The lowest BCUT2D eigenvalue weighted by Crippen LogP contribution is -2.39. The van der Waals surface area contributed by atoms with Gasteiger partial charge in [-0.15, -0.1) is 0 Å². The molecule has 3 N–H and O–H groups in total. The predicted molar refractivity (Wildman–Crippen MR) is 88.4 cm³/mol. The Morgan fingerprint density at radius 2 is 2.18 bits per heavy atom. The molecule has 0 aromatic carbocycles. The number of pyridine rings is 1. The zero-order chi connectivity index (χ0) is 16.3. The van der Waals surface area contributed by atoms with Crippen LogP contribution in [-0.2, 0) is 4.74 Å². The van der Waals surface area contributed by atoms with E-state index in [1.807, 2.05) is 33.8 Å². The Balaban J connectivity index is 1.96. The highest BCUT2D eigenvalue weighted by molar-refractivity contribution is 5.70. The number of aryl methyl sites for hydroxylation is 1. The van der Waals surface area contributed by atoms with Crippen molar-refractivity contribution in [2.75, 3.05) is 5.73 Å². The molecule has 22 heavy (non-hydrogen) atoms. The van der Waals surface area contributed by atoms with E-state index in [2.05, 4.69) is 16.4 Å². The van der Waals surface area contributed by atoms with Crippen molar-refractivity contribution in [1.82, 2.24) is 10.3 Å². The fraction of sp³-hybridized carbons (Fsp3) is 0.529. The molecular weight excluding hydrogens is 278 g/mol. The van der Waals surface area contributed by atoms with Crippen molar-refractivity contribution in [3.63, 3.8) is 0 Å². The molecule has 0 radical (unpaired) electrons. The molecule has 0 spiro atoms. The molecule has 1 aliphatic carbocycles. The maximum Gasteiger partial charge on any atom is 0.407 e. The highest BCUT2D eigenvalue weighted by atomic mass is 16.6. The van der Waals surface area contributed by atoms with Crippen LogP contribution in [0.25, 0.3) is 5.57 Å². The van der Waals surface area contributed by atoms with E-state index >= 15 is 0 Å². The van der Waals surface area contributed by atoms with Gasteiger partial charge < -0.3 is 15.8 Å². The van der Waals surface area contributed by atoms with Crippen LogP contribution in [0.2, 0.25) is 0 Å². The van der Waals surface area contributed by atoms with Gasteiger partial charge in [0.2, 0.25) is 0 Å². The number of carbonyl (C=O) groups is 1. The van der Waals surface area contributed by atoms with Gasteiger partial charge in [0.15, 0.2) is 0 Å². The van der Waals surface area contributed by atoms with Crippen LogP contribution in [-0.4, -0.2) is 22.7 Å². The average Bonchev–Trinajstić information content (AvgIpc) is 2.38. The van der Waals surface area contributed by atoms with Crippen LogP contribution in [0.5, 0.6) is 0 Å². The number of anilines is 1. The van der Waals surface area contributed by atoms with Crippen LogP contribution >= 0.6 is 0 Å². The minimum atomic E-state index is -0.468. The minimum absolute atomic E-state index is 0.118. The third-order valence-electron chi connectivity index (χ3n) is 3.54. The standard InChI is InChI=1S/C17H25N3O2/c1-11-9-13(18)10-19-15(11)12-5-7-14(8-6-12)20-16(21)22-17(2,3)4/h5,9-10,14H,6-8,18H2,1-4H3,(H,20,21). The number of alkyl carbamates (subject to hydrolysis) is 1. The number of nitrogens with two attached hydrogens (primary N) is 1. The van der Waals surface area contributed by atoms with Crippen LogP contribution in [0, 0.1) is 6.92 Å². The molecule has 1 amide bonds. The topological polar surface area (TPSA) is 77.2 Å². The fourth-order valence-corrected chi connectivity index (χ4v) is 2.59. The van der Waals surface area contributed by atoms with Crippen molar-refractivity contribution in [3.8, 4) is 0 Å². The second-order valence-electron chi connectivity index (χ2n) is 6.78. The lowest BCUT2D eigenvalue weighted by molar-refractivity contribution is 0.0502. The number of hydrogen-bond acceptors (Lipinski definition) is 4. The molecule has 1 unspecified atom stereocenters. The van der Waals surface area contributed by atoms with Crippen molar-refractivity contribution >= 4 is 17.4 Å². The molecule has 0 saturated carbocycles. The maximum atomic E-state index is 11.8. The van der Waals surface area contributed by atoms with Gasteiger partial charge in [0.25, 0.3) is 0 Å². The van der Waals surface area contributed by atoms with Crippen LogP contribution < -0.4 is 11.1 Å². The van der Waals surface area contributed by atoms with E-state index in [4.69, 9.17) is 10.5 Å². The molecule has 0 fully saturated rings. The zero-order valence-electron chi connectivity index (χ0n) is 13.8. The van der Waals surface area contributed by atoms with Crippen molar-refractivity contribution in [1.29, 1.82) is 0 Å². The van der Waals surface area contributed by atoms with Gasteiger partial charge in [-0.05, 0) is 64.2 Å². The zero-order valence-corrected chi connectivity index (χ0v) is 13.8. The van der Waals surface area contributed by atoms with E-state index in [0.29, 0.717) is 5.69 Å². The molecule has 1 aliphatic rings. The van der Waals surface area contributed by atoms with Gasteiger partial charge in [0.05, 0.1) is 17.6 Å². The Morgan fingerprint density at radius 1 is 1.45 bits per heavy atom. The van der Waals surface area contributed by atoms with E-state index in [9.17, 15) is 4.79 Å². The Labute approximate surface area is 131 Å². The number of amides is 1. The molecule has 1 heterocycles. The highest BCUT2D eigenvalue weighted by Crippen LogP contribution is 2.28. The van der Waals surface area contributed by atoms with Gasteiger partial charge >= 0.3 is 6.09 Å². The molecule has 5 nitrogen and oxygen atoms in total. The van der Waals surface area contributed by atoms with Crippen molar-refractivity contribution < 1.29 is 9.53 Å². The van der Waals surface area contributed by atoms with Gasteiger partial charge in [-0.3, -0.25) is 4.98 Å². The van der Waals surface area contributed by atoms with Crippen LogP contribution in [0.15, 0.2) is 18.3 Å². The fourth-order valence-electron chi connectivity index (χ4n) is 2.59. The summed E-state index contributed by atoms with van der Waals surface area (Å²) in [6.07, 6.45) is 6.05. The SMILES string of the molecule is Cc1cc(N)cnc1C1=CCC(NC(=O)OC(C)(C)C)CC1. The second-order valence-corrected chi connectivity index (χ2v) is 6.78. The van der Waals surface area contributed by atoms with Crippen molar-refractivity contribution in [2.45, 2.75) is 58.6 Å². The maximum absolute atomic E-state index is 11.8. The predicted octanol–water partition coefficient (Wildman–Crippen LogP) is 3.43. The van der Waals surface area contributed by atoms with Crippen LogP contribution in [0.1, 0.15) is 51.3 Å². The molecule has 5 heteroatoms. The second kappa shape index (κ2) is 6.38. The monoisotopic (exact) mass is 303 g/mol. The summed E-state index contributed by atoms with van der Waals surface area (Å²) in [5.74, 6) is 0. The van der Waals surface area contributed by atoms with E-state index < -0.39 is 5.60 Å². The smallest absolute Gasteiger partial charge is 0.407 e. The normalized spacial score (nSPS) is 18.5. The number of rotatable bonds is 2. The summed E-state index contributed by atoms with van der Waals surface area (Å²) in [5.41, 5.74) is 9.27. The Hall–Kier alpha value is -2.04. The Bertz CT molecular complexity index is 588. The molecule has 0 bridgehead atoms. The number of aromatic nitrogens is 1. The summed E-state index contributed by atoms with van der Waals surface area (Å²) in [5, 5.41) is 2.92. The van der Waals surface area contributed by atoms with Crippen LogP contribution in [0.3, 0.4) is 0 Å². The molecule has 0 aliphatic heterocycles. The first kappa shape index (κ1) is 16.3. The molecule has 120 valence electrons. The number of nitrogens with zero attached hydrogens (tertiary/aromatic N) is 1. The minimum Gasteiger partial charge on any atom is -0.444 e. The number of nitrogens with one attached hydrogen (secondary N) is 1. The highest BCUT2D eigenvalue weighted by Gasteiger charge is 2.22. The van der Waals surface area contributed by atoms with E-state index in [1.54, 1.807) is 6.20 Å². The molecule has 1 atom stereocenters. The lowest BCUT2D eigenvalue weighted by atomic mass is 9.91. The van der Waals surface area contributed by atoms with E-state index in [1.165, 1.54) is 5.57 Å². The van der Waals surface area contributed by atoms with Gasteiger partial charge in [-0.2, -0.15) is 0 Å². The number of allylic oxidation sites excluding steroid dienone is 1. The Kier molecular flexibility index (Phi) is 4.74. The third kappa shape index (κ3) is 4.48. The third-order valence-corrected chi connectivity index (χ3v) is 3.54. The quantitative estimate of drug-likeness (QED) is 0.877. The van der Waals surface area contributed by atoms with Gasteiger partial charge in [-0.1, -0.05) is 6.08 Å². The summed E-state index contributed by atoms with van der Waals surface area (Å²) in [4.78, 5) is 16.2. The number of hydrogen-bond donors (Lipinski definition) is 2. The van der Waals surface area contributed by atoms with Gasteiger partial charge in [0, 0.05) is 6.04 Å². The number of ether oxygens (including phenoxy) is 1. The molecule has 0 saturated heterocycles. The first-order valence-corrected chi connectivity index (χ1v) is 7.65. The average molecular weight is 303 g/mol. The summed E-state index contributed by atoms with van der Waals surface area (Å²) < 4.78 is 5.29. The summed E-state index contributed by atoms with van der Waals surface area (Å²) >= 11 is 0. The van der Waals surface area contributed by atoms with Crippen LogP contribution in [0.4, 0.5) is 10.5 Å². The molecular formula is C17H25N3O2. The summed E-state index contributed by atoms with van der Waals surface area (Å²) in [6.45, 7) is 7.60. The van der Waals surface area contributed by atoms with Crippen molar-refractivity contribution in [2.24, 2.45) is 0 Å². The first-order chi connectivity index (χ1) is 10.2. The van der Waals surface area contributed by atoms with Crippen molar-refractivity contribution in [3.05, 3.63) is 29.6 Å². The number of nitrogen functional groups attached to an aromatic ring is 1. The molecule has 1 aromatic rings. The van der Waals surface area contributed by atoms with Gasteiger partial charge in [0.1, 0.15) is 5.60 Å². The summed E-state index contributed by atoms with van der Waals surface area (Å²) in [7, 11) is 0. The summed E-state index contributed by atoms with van der Waals surface area (Å²) in [6, 6.07) is 2.06. The number of carbonyl (C=O) groups excluding carboxylic acids is 1. The van der Waals surface area contributed by atoms with E-state index in [0.717, 1.165) is 30.5 Å². The largest absolute Gasteiger partial charge is 0.444 e. The molecule has 2 rings (SSSR count).